The van der Waals surface area contributed by atoms with Crippen LogP contribution in [0.3, 0.4) is 0 Å². The van der Waals surface area contributed by atoms with Gasteiger partial charge in [-0.1, -0.05) is 6.07 Å². The second kappa shape index (κ2) is 6.16. The Bertz CT molecular complexity index is 875. The van der Waals surface area contributed by atoms with Crippen molar-refractivity contribution in [3.63, 3.8) is 0 Å². The van der Waals surface area contributed by atoms with Gasteiger partial charge >= 0.3 is 0 Å². The topological polar surface area (TPSA) is 64.9 Å². The molecule has 1 N–H and O–H groups in total. The van der Waals surface area contributed by atoms with E-state index in [1.54, 1.807) is 25.6 Å². The summed E-state index contributed by atoms with van der Waals surface area (Å²) in [6, 6.07) is 5.53. The van der Waals surface area contributed by atoms with Gasteiger partial charge in [0.1, 0.15) is 17.7 Å². The molecular formula is C17H18FN5O. The highest BCUT2D eigenvalue weighted by Gasteiger charge is 2.26. The number of fused-ring (bicyclic) bond motifs is 1. The van der Waals surface area contributed by atoms with E-state index in [9.17, 15) is 4.39 Å². The lowest BCUT2D eigenvalue weighted by Gasteiger charge is -2.09. The number of ether oxygens (including phenoxy) is 1. The molecule has 0 saturated heterocycles. The maximum atomic E-state index is 13.7. The van der Waals surface area contributed by atoms with Gasteiger partial charge < -0.3 is 14.6 Å². The highest BCUT2D eigenvalue weighted by molar-refractivity contribution is 5.82. The Hall–Kier alpha value is -2.54. The van der Waals surface area contributed by atoms with Crippen molar-refractivity contribution in [1.29, 1.82) is 0 Å². The Balaban J connectivity index is 1.56. The molecule has 1 aromatic carbocycles. The molecule has 0 unspecified atom stereocenters. The number of hydrogen-bond acceptors (Lipinski definition) is 5. The summed E-state index contributed by atoms with van der Waals surface area (Å²) in [7, 11) is 1.55. The molecular weight excluding hydrogens is 309 g/mol. The predicted octanol–water partition coefficient (Wildman–Crippen LogP) is 3.06. The lowest BCUT2D eigenvalue weighted by Crippen LogP contribution is -2.04. The number of halogens is 1. The van der Waals surface area contributed by atoms with Gasteiger partial charge in [-0.3, -0.25) is 0 Å². The normalized spacial score (nSPS) is 14.2. The summed E-state index contributed by atoms with van der Waals surface area (Å²) >= 11 is 0. The van der Waals surface area contributed by atoms with Crippen LogP contribution in [0, 0.1) is 5.82 Å². The average molecular weight is 327 g/mol. The van der Waals surface area contributed by atoms with Gasteiger partial charge in [-0.05, 0) is 30.5 Å². The van der Waals surface area contributed by atoms with E-state index >= 15 is 0 Å². The van der Waals surface area contributed by atoms with E-state index in [-0.39, 0.29) is 12.4 Å². The second-order valence-electron chi connectivity index (χ2n) is 5.99. The fourth-order valence-electron chi connectivity index (χ4n) is 2.79. The van der Waals surface area contributed by atoms with Gasteiger partial charge in [-0.2, -0.15) is 0 Å². The van der Waals surface area contributed by atoms with Crippen molar-refractivity contribution in [3.8, 4) is 0 Å². The van der Waals surface area contributed by atoms with Gasteiger partial charge in [-0.25, -0.2) is 19.3 Å². The quantitative estimate of drug-likeness (QED) is 0.754. The number of nitrogens with zero attached hydrogens (tertiary/aromatic N) is 4. The minimum Gasteiger partial charge on any atom is -0.380 e. The molecule has 0 amide bonds. The fraction of sp³-hybridized carbons (Fsp3) is 0.353. The summed E-state index contributed by atoms with van der Waals surface area (Å²) in [5.74, 6) is 0.435. The first-order valence-electron chi connectivity index (χ1n) is 7.94. The lowest BCUT2D eigenvalue weighted by molar-refractivity contribution is 0.181. The molecule has 6 nitrogen and oxygen atoms in total. The molecule has 0 radical (unpaired) electrons. The van der Waals surface area contributed by atoms with Crippen LogP contribution in [-0.4, -0.2) is 26.6 Å². The summed E-state index contributed by atoms with van der Waals surface area (Å²) in [6.07, 6.45) is 5.73. The number of nitrogens with one attached hydrogen (secondary N) is 1. The van der Waals surface area contributed by atoms with Gasteiger partial charge in [0.25, 0.3) is 0 Å². The van der Waals surface area contributed by atoms with Gasteiger partial charge in [-0.15, -0.1) is 0 Å². The van der Waals surface area contributed by atoms with E-state index < -0.39 is 0 Å². The first kappa shape index (κ1) is 15.0. The summed E-state index contributed by atoms with van der Waals surface area (Å²) in [5, 5.41) is 3.28. The van der Waals surface area contributed by atoms with Crippen molar-refractivity contribution < 1.29 is 9.13 Å². The molecule has 2 aromatic heterocycles. The first-order valence-corrected chi connectivity index (χ1v) is 7.94. The Labute approximate surface area is 138 Å². The van der Waals surface area contributed by atoms with Crippen molar-refractivity contribution in [2.24, 2.45) is 0 Å². The van der Waals surface area contributed by atoms with Crippen LogP contribution in [0.1, 0.15) is 30.0 Å². The minimum absolute atomic E-state index is 0.253. The maximum absolute atomic E-state index is 13.7. The van der Waals surface area contributed by atoms with Crippen LogP contribution in [0.25, 0.3) is 11.2 Å². The second-order valence-corrected chi connectivity index (χ2v) is 5.99. The van der Waals surface area contributed by atoms with E-state index in [2.05, 4.69) is 24.8 Å². The molecule has 124 valence electrons. The van der Waals surface area contributed by atoms with Crippen LogP contribution < -0.4 is 5.32 Å². The first-order chi connectivity index (χ1) is 11.8. The molecule has 4 rings (SSSR count). The number of benzene rings is 1. The standard InChI is InChI=1S/C17H18FN5O/c1-24-8-12-6-11(2-5-14(12)18)7-19-16-15-17(21-9-20-16)23(10-22-15)13-3-4-13/h2,5-6,9-10,13H,3-4,7-8H2,1H3,(H,19,20,21). The van der Waals surface area contributed by atoms with Crippen molar-refractivity contribution in [3.05, 3.63) is 47.8 Å². The zero-order valence-corrected chi connectivity index (χ0v) is 13.4. The lowest BCUT2D eigenvalue weighted by atomic mass is 10.1. The summed E-state index contributed by atoms with van der Waals surface area (Å²) in [6.45, 7) is 0.780. The van der Waals surface area contributed by atoms with Crippen LogP contribution in [-0.2, 0) is 17.9 Å². The van der Waals surface area contributed by atoms with E-state index in [1.165, 1.54) is 18.9 Å². The molecule has 1 aliphatic carbocycles. The fourth-order valence-corrected chi connectivity index (χ4v) is 2.79. The third kappa shape index (κ3) is 2.82. The SMILES string of the molecule is COCc1cc(CNc2ncnc3c2ncn3C2CC2)ccc1F. The molecule has 1 saturated carbocycles. The van der Waals surface area contributed by atoms with E-state index in [0.717, 1.165) is 16.7 Å². The van der Waals surface area contributed by atoms with E-state index in [4.69, 9.17) is 4.74 Å². The summed E-state index contributed by atoms with van der Waals surface area (Å²) in [4.78, 5) is 13.1. The van der Waals surface area contributed by atoms with Crippen LogP contribution >= 0.6 is 0 Å². The largest absolute Gasteiger partial charge is 0.380 e. The van der Waals surface area contributed by atoms with Crippen LogP contribution in [0.15, 0.2) is 30.9 Å². The van der Waals surface area contributed by atoms with Crippen molar-refractivity contribution >= 4 is 17.0 Å². The van der Waals surface area contributed by atoms with E-state index in [1.807, 2.05) is 6.33 Å². The molecule has 7 heteroatoms. The predicted molar refractivity (Wildman–Crippen MR) is 88.0 cm³/mol. The third-order valence-electron chi connectivity index (χ3n) is 4.17. The number of methoxy groups -OCH3 is 1. The molecule has 0 atom stereocenters. The molecule has 0 bridgehead atoms. The molecule has 1 fully saturated rings. The minimum atomic E-state index is -0.256. The highest BCUT2D eigenvalue weighted by atomic mass is 19.1. The summed E-state index contributed by atoms with van der Waals surface area (Å²) in [5.41, 5.74) is 3.12. The number of imidazole rings is 1. The van der Waals surface area contributed by atoms with Crippen LogP contribution in [0.5, 0.6) is 0 Å². The number of aromatic nitrogens is 4. The van der Waals surface area contributed by atoms with Crippen LogP contribution in [0.4, 0.5) is 10.2 Å². The average Bonchev–Trinajstić information content (AvgIpc) is 3.34. The van der Waals surface area contributed by atoms with Crippen molar-refractivity contribution in [2.45, 2.75) is 32.0 Å². The zero-order valence-electron chi connectivity index (χ0n) is 13.4. The Morgan fingerprint density at radius 2 is 2.17 bits per heavy atom. The molecule has 0 spiro atoms. The van der Waals surface area contributed by atoms with Crippen LogP contribution in [0.2, 0.25) is 0 Å². The third-order valence-corrected chi connectivity index (χ3v) is 4.17. The van der Waals surface area contributed by atoms with Gasteiger partial charge in [0.2, 0.25) is 0 Å². The molecule has 0 aliphatic heterocycles. The Kier molecular flexibility index (Phi) is 3.86. The molecule has 2 heterocycles. The molecule has 24 heavy (non-hydrogen) atoms. The van der Waals surface area contributed by atoms with Gasteiger partial charge in [0, 0.05) is 25.3 Å². The van der Waals surface area contributed by atoms with Crippen molar-refractivity contribution in [2.75, 3.05) is 12.4 Å². The van der Waals surface area contributed by atoms with E-state index in [0.29, 0.717) is 24.0 Å². The Morgan fingerprint density at radius 3 is 2.96 bits per heavy atom. The molecule has 1 aliphatic rings. The number of anilines is 1. The summed E-state index contributed by atoms with van der Waals surface area (Å²) < 4.78 is 20.8. The highest BCUT2D eigenvalue weighted by Crippen LogP contribution is 2.37. The number of rotatable bonds is 6. The van der Waals surface area contributed by atoms with Crippen molar-refractivity contribution in [1.82, 2.24) is 19.5 Å². The van der Waals surface area contributed by atoms with Gasteiger partial charge in [0.15, 0.2) is 11.5 Å². The Morgan fingerprint density at radius 1 is 1.29 bits per heavy atom. The number of hydrogen-bond donors (Lipinski definition) is 1. The van der Waals surface area contributed by atoms with Gasteiger partial charge in [0.05, 0.1) is 12.9 Å². The maximum Gasteiger partial charge on any atom is 0.165 e. The molecule has 3 aromatic rings. The monoisotopic (exact) mass is 327 g/mol. The smallest absolute Gasteiger partial charge is 0.165 e. The zero-order chi connectivity index (χ0) is 16.5.